The van der Waals surface area contributed by atoms with Gasteiger partial charge < -0.3 is 13.9 Å². The van der Waals surface area contributed by atoms with Gasteiger partial charge in [-0.15, -0.1) is 0 Å². The Morgan fingerprint density at radius 2 is 2.11 bits per heavy atom. The molecule has 0 spiro atoms. The molecule has 1 aliphatic heterocycles. The zero-order chi connectivity index (χ0) is 19.6. The molecule has 2 aromatic rings. The van der Waals surface area contributed by atoms with Crippen LogP contribution in [0.15, 0.2) is 21.3 Å². The molecule has 3 rings (SSSR count). The van der Waals surface area contributed by atoms with Crippen molar-refractivity contribution in [3.63, 3.8) is 0 Å². The van der Waals surface area contributed by atoms with Gasteiger partial charge in [0.05, 0.1) is 12.2 Å². The van der Waals surface area contributed by atoms with Crippen molar-refractivity contribution in [2.24, 2.45) is 0 Å². The van der Waals surface area contributed by atoms with E-state index < -0.39 is 5.63 Å². The van der Waals surface area contributed by atoms with Crippen molar-refractivity contribution in [2.75, 3.05) is 13.3 Å². The number of rotatable bonds is 6. The van der Waals surface area contributed by atoms with Crippen LogP contribution < -0.4 is 10.4 Å². The lowest BCUT2D eigenvalue weighted by Gasteiger charge is -2.33. The molecule has 0 bridgehead atoms. The summed E-state index contributed by atoms with van der Waals surface area (Å²) in [5.41, 5.74) is 2.50. The average molecular weight is 373 g/mol. The van der Waals surface area contributed by atoms with Gasteiger partial charge in [-0.05, 0) is 51.3 Å². The number of hydrogen-bond donors (Lipinski definition) is 0. The van der Waals surface area contributed by atoms with Gasteiger partial charge in [-0.25, -0.2) is 4.79 Å². The number of aryl methyl sites for hydroxylation is 1. The Labute approximate surface area is 159 Å². The minimum atomic E-state index is -0.390. The number of nitrogens with zero attached hydrogens (tertiary/aromatic N) is 1. The van der Waals surface area contributed by atoms with Crippen LogP contribution in [0.4, 0.5) is 0 Å². The molecule has 0 amide bonds. The fourth-order valence-corrected chi connectivity index (χ4v) is 3.47. The Bertz CT molecular complexity index is 902. The summed E-state index contributed by atoms with van der Waals surface area (Å²) in [6.45, 7) is 9.53. The summed E-state index contributed by atoms with van der Waals surface area (Å²) in [6.07, 6.45) is 1.50. The topological polar surface area (TPSA) is 69.0 Å². The van der Waals surface area contributed by atoms with E-state index in [1.807, 2.05) is 19.1 Å². The van der Waals surface area contributed by atoms with E-state index in [0.717, 1.165) is 28.7 Å². The van der Waals surface area contributed by atoms with Crippen LogP contribution in [0.3, 0.4) is 0 Å². The normalized spacial score (nSPS) is 15.3. The van der Waals surface area contributed by atoms with Crippen molar-refractivity contribution in [3.05, 3.63) is 39.2 Å². The molecule has 1 aromatic carbocycles. The Balaban J connectivity index is 1.98. The van der Waals surface area contributed by atoms with E-state index in [4.69, 9.17) is 13.9 Å². The van der Waals surface area contributed by atoms with Gasteiger partial charge in [0.25, 0.3) is 0 Å². The highest BCUT2D eigenvalue weighted by Crippen LogP contribution is 2.34. The molecule has 1 atom stereocenters. The van der Waals surface area contributed by atoms with Crippen LogP contribution >= 0.6 is 0 Å². The first kappa shape index (κ1) is 19.4. The van der Waals surface area contributed by atoms with Crippen LogP contribution in [0.5, 0.6) is 5.75 Å². The average Bonchev–Trinajstić information content (AvgIpc) is 2.66. The molecule has 1 aliphatic rings. The van der Waals surface area contributed by atoms with E-state index in [1.165, 1.54) is 0 Å². The molecule has 146 valence electrons. The van der Waals surface area contributed by atoms with Crippen LogP contribution in [-0.2, 0) is 22.5 Å². The highest BCUT2D eigenvalue weighted by molar-refractivity contribution is 5.86. The van der Waals surface area contributed by atoms with Crippen LogP contribution in [0.25, 0.3) is 11.0 Å². The number of carbonyl (C=O) groups is 1. The minimum absolute atomic E-state index is 0.167. The van der Waals surface area contributed by atoms with Crippen molar-refractivity contribution in [1.29, 1.82) is 0 Å². The van der Waals surface area contributed by atoms with Gasteiger partial charge >= 0.3 is 11.6 Å². The number of esters is 1. The standard InChI is InChI=1S/C21H27NO5/c1-5-13(3)22-11-17-18(26-12-22)9-7-15-14(4)16(21(24)27-20(15)17)8-10-19(23)25-6-2/h7,9,13H,5-6,8,10-12H2,1-4H3/t13-/m0/s1. The summed E-state index contributed by atoms with van der Waals surface area (Å²) in [5.74, 6) is 0.461. The quantitative estimate of drug-likeness (QED) is 0.570. The highest BCUT2D eigenvalue weighted by Gasteiger charge is 2.25. The number of carbonyl (C=O) groups excluding carboxylic acids is 1. The molecule has 0 unspecified atom stereocenters. The van der Waals surface area contributed by atoms with Gasteiger partial charge in [0.1, 0.15) is 18.1 Å². The molecule has 0 radical (unpaired) electrons. The SMILES string of the molecule is CCOC(=O)CCc1c(C)c2ccc3c(c2oc1=O)CN([C@@H](C)CC)CO3. The van der Waals surface area contributed by atoms with E-state index >= 15 is 0 Å². The number of fused-ring (bicyclic) bond motifs is 3. The second-order valence-corrected chi connectivity index (χ2v) is 6.99. The first-order chi connectivity index (χ1) is 13.0. The third-order valence-electron chi connectivity index (χ3n) is 5.36. The summed E-state index contributed by atoms with van der Waals surface area (Å²) in [5, 5.41) is 0.891. The van der Waals surface area contributed by atoms with E-state index in [-0.39, 0.29) is 12.4 Å². The molecule has 6 heteroatoms. The lowest BCUT2D eigenvalue weighted by Crippen LogP contribution is -2.38. The van der Waals surface area contributed by atoms with Crippen molar-refractivity contribution in [2.45, 2.75) is 59.5 Å². The van der Waals surface area contributed by atoms with E-state index in [1.54, 1.807) is 6.92 Å². The van der Waals surface area contributed by atoms with Crippen molar-refractivity contribution in [1.82, 2.24) is 4.90 Å². The maximum Gasteiger partial charge on any atom is 0.339 e. The maximum atomic E-state index is 12.6. The molecule has 0 N–H and O–H groups in total. The summed E-state index contributed by atoms with van der Waals surface area (Å²) in [7, 11) is 0. The smallest absolute Gasteiger partial charge is 0.339 e. The van der Waals surface area contributed by atoms with Crippen molar-refractivity contribution < 1.29 is 18.7 Å². The van der Waals surface area contributed by atoms with Gasteiger partial charge in [-0.3, -0.25) is 9.69 Å². The molecular weight excluding hydrogens is 346 g/mol. The van der Waals surface area contributed by atoms with Gasteiger partial charge in [-0.1, -0.05) is 6.92 Å². The summed E-state index contributed by atoms with van der Waals surface area (Å²) in [4.78, 5) is 26.5. The van der Waals surface area contributed by atoms with Crippen molar-refractivity contribution >= 4 is 16.9 Å². The minimum Gasteiger partial charge on any atom is -0.478 e. The zero-order valence-electron chi connectivity index (χ0n) is 16.5. The molecule has 0 saturated heterocycles. The Kier molecular flexibility index (Phi) is 5.85. The van der Waals surface area contributed by atoms with E-state index in [0.29, 0.717) is 43.5 Å². The molecule has 0 aliphatic carbocycles. The molecule has 0 saturated carbocycles. The predicted molar refractivity (Wildman–Crippen MR) is 103 cm³/mol. The summed E-state index contributed by atoms with van der Waals surface area (Å²) < 4.78 is 16.6. The Morgan fingerprint density at radius 3 is 2.81 bits per heavy atom. The fourth-order valence-electron chi connectivity index (χ4n) is 3.47. The lowest BCUT2D eigenvalue weighted by atomic mass is 9.99. The fraction of sp³-hybridized carbons (Fsp3) is 0.524. The molecule has 0 fully saturated rings. The van der Waals surface area contributed by atoms with E-state index in [2.05, 4.69) is 18.7 Å². The van der Waals surface area contributed by atoms with Crippen LogP contribution in [0.1, 0.15) is 50.3 Å². The first-order valence-electron chi connectivity index (χ1n) is 9.56. The highest BCUT2D eigenvalue weighted by atomic mass is 16.5. The number of benzene rings is 1. The Hall–Kier alpha value is -2.34. The van der Waals surface area contributed by atoms with Gasteiger partial charge in [0.2, 0.25) is 0 Å². The molecule has 1 aromatic heterocycles. The maximum absolute atomic E-state index is 12.6. The third-order valence-corrected chi connectivity index (χ3v) is 5.36. The van der Waals surface area contributed by atoms with Gasteiger partial charge in [0.15, 0.2) is 0 Å². The monoisotopic (exact) mass is 373 g/mol. The summed E-state index contributed by atoms with van der Waals surface area (Å²) >= 11 is 0. The second kappa shape index (κ2) is 8.13. The van der Waals surface area contributed by atoms with Gasteiger partial charge in [0, 0.05) is 30.0 Å². The largest absolute Gasteiger partial charge is 0.478 e. The zero-order valence-corrected chi connectivity index (χ0v) is 16.5. The van der Waals surface area contributed by atoms with Gasteiger partial charge in [-0.2, -0.15) is 0 Å². The Morgan fingerprint density at radius 1 is 1.33 bits per heavy atom. The van der Waals surface area contributed by atoms with Crippen LogP contribution in [0, 0.1) is 6.92 Å². The second-order valence-electron chi connectivity index (χ2n) is 6.99. The summed E-state index contributed by atoms with van der Waals surface area (Å²) in [6, 6.07) is 4.25. The molecule has 2 heterocycles. The third kappa shape index (κ3) is 3.86. The molecular formula is C21H27NO5. The molecule has 27 heavy (non-hydrogen) atoms. The van der Waals surface area contributed by atoms with Crippen LogP contribution in [0.2, 0.25) is 0 Å². The van der Waals surface area contributed by atoms with Crippen molar-refractivity contribution in [3.8, 4) is 5.75 Å². The lowest BCUT2D eigenvalue weighted by molar-refractivity contribution is -0.143. The predicted octanol–water partition coefficient (Wildman–Crippen LogP) is 3.55. The number of hydrogen-bond acceptors (Lipinski definition) is 6. The molecule has 6 nitrogen and oxygen atoms in total. The number of ether oxygens (including phenoxy) is 2. The first-order valence-corrected chi connectivity index (χ1v) is 9.56. The van der Waals surface area contributed by atoms with Crippen LogP contribution in [-0.4, -0.2) is 30.2 Å². The van der Waals surface area contributed by atoms with E-state index in [9.17, 15) is 9.59 Å².